The highest BCUT2D eigenvalue weighted by Crippen LogP contribution is 2.46. The first-order valence-corrected chi connectivity index (χ1v) is 21.4. The van der Waals surface area contributed by atoms with Crippen molar-refractivity contribution in [2.45, 2.75) is 131 Å². The van der Waals surface area contributed by atoms with Gasteiger partial charge < -0.3 is 4.90 Å². The lowest BCUT2D eigenvalue weighted by Gasteiger charge is -2.36. The van der Waals surface area contributed by atoms with Crippen LogP contribution >= 0.6 is 0 Å². The van der Waals surface area contributed by atoms with Crippen LogP contribution in [0.1, 0.15) is 146 Å². The molecule has 0 bridgehead atoms. The number of hydrogen-bond acceptors (Lipinski definition) is 5. The van der Waals surface area contributed by atoms with Crippen molar-refractivity contribution < 1.29 is 14.5 Å². The van der Waals surface area contributed by atoms with Crippen LogP contribution in [-0.4, -0.2) is 27.7 Å². The van der Waals surface area contributed by atoms with Crippen molar-refractivity contribution in [1.82, 2.24) is 4.90 Å². The summed E-state index contributed by atoms with van der Waals surface area (Å²) >= 11 is 0. The number of anilines is 3. The van der Waals surface area contributed by atoms with Crippen LogP contribution in [0.15, 0.2) is 97.1 Å². The van der Waals surface area contributed by atoms with Gasteiger partial charge in [-0.1, -0.05) is 131 Å². The molecule has 308 valence electrons. The molecule has 5 aromatic rings. The first-order chi connectivity index (χ1) is 27.6. The first kappa shape index (κ1) is 41.8. The Kier molecular flexibility index (Phi) is 10.9. The van der Waals surface area contributed by atoms with Crippen LogP contribution < -0.4 is 4.90 Å². The molecule has 0 aromatic heterocycles. The van der Waals surface area contributed by atoms with E-state index >= 15 is 0 Å². The molecule has 1 heterocycles. The molecule has 0 spiro atoms. The molecule has 5 aromatic carbocycles. The number of benzene rings is 5. The number of carbonyl (C=O) groups excluding carboxylic acids is 2. The number of nitrogens with zero attached hydrogens (tertiary/aromatic N) is 3. The normalized spacial score (nSPS) is 15.5. The first-order valence-electron chi connectivity index (χ1n) is 21.4. The molecular formula is C52H61N3O4. The summed E-state index contributed by atoms with van der Waals surface area (Å²) in [6, 6.07) is 31.5. The predicted molar refractivity (Wildman–Crippen MR) is 242 cm³/mol. The van der Waals surface area contributed by atoms with Crippen molar-refractivity contribution in [3.8, 4) is 11.1 Å². The minimum Gasteiger partial charge on any atom is -0.310 e. The van der Waals surface area contributed by atoms with Crippen molar-refractivity contribution in [2.24, 2.45) is 10.8 Å². The smallest absolute Gasteiger partial charge is 0.279 e. The molecule has 0 N–H and O–H groups in total. The van der Waals surface area contributed by atoms with Gasteiger partial charge in [0.25, 0.3) is 17.5 Å². The molecule has 0 atom stereocenters. The van der Waals surface area contributed by atoms with E-state index in [-0.39, 0.29) is 50.1 Å². The lowest BCUT2D eigenvalue weighted by molar-refractivity contribution is -0.384. The topological polar surface area (TPSA) is 83.8 Å². The van der Waals surface area contributed by atoms with E-state index in [0.29, 0.717) is 38.7 Å². The highest BCUT2D eigenvalue weighted by molar-refractivity contribution is 6.27. The summed E-state index contributed by atoms with van der Waals surface area (Å²) in [5.74, 6) is -0.559. The van der Waals surface area contributed by atoms with E-state index < -0.39 is 0 Å². The molecule has 1 fully saturated rings. The molecule has 0 unspecified atom stereocenters. The molecule has 59 heavy (non-hydrogen) atoms. The third kappa shape index (κ3) is 8.44. The molecule has 0 radical (unpaired) electrons. The number of hydrogen-bond donors (Lipinski definition) is 0. The van der Waals surface area contributed by atoms with Gasteiger partial charge in [-0.2, -0.15) is 0 Å². The molecule has 1 aliphatic heterocycles. The van der Waals surface area contributed by atoms with Gasteiger partial charge in [0, 0.05) is 40.0 Å². The summed E-state index contributed by atoms with van der Waals surface area (Å²) in [6.07, 6.45) is 6.77. The van der Waals surface area contributed by atoms with Crippen LogP contribution in [0, 0.1) is 20.9 Å². The monoisotopic (exact) mass is 791 g/mol. The number of nitro groups is 1. The van der Waals surface area contributed by atoms with E-state index in [0.717, 1.165) is 56.3 Å². The van der Waals surface area contributed by atoms with Crippen molar-refractivity contribution in [3.05, 3.63) is 129 Å². The second kappa shape index (κ2) is 15.4. The fraction of sp³-hybridized carbons (Fsp3) is 0.423. The number of rotatable bonds is 10. The zero-order chi connectivity index (χ0) is 42.7. The van der Waals surface area contributed by atoms with E-state index in [1.807, 2.05) is 30.3 Å². The molecule has 7 heteroatoms. The van der Waals surface area contributed by atoms with Crippen molar-refractivity contribution in [3.63, 3.8) is 0 Å². The Balaban J connectivity index is 1.33. The van der Waals surface area contributed by atoms with Gasteiger partial charge in [-0.25, -0.2) is 0 Å². The Morgan fingerprint density at radius 1 is 0.593 bits per heavy atom. The van der Waals surface area contributed by atoms with Gasteiger partial charge in [-0.3, -0.25) is 24.6 Å². The largest absolute Gasteiger partial charge is 0.310 e. The third-order valence-electron chi connectivity index (χ3n) is 12.4. The highest BCUT2D eigenvalue weighted by Gasteiger charge is 2.39. The molecular weight excluding hydrogens is 731 g/mol. The second-order valence-electron chi connectivity index (χ2n) is 20.8. The van der Waals surface area contributed by atoms with Crippen LogP contribution in [0.3, 0.4) is 0 Å². The minimum absolute atomic E-state index is 0.0512. The highest BCUT2D eigenvalue weighted by atomic mass is 16.6. The standard InChI is InChI=1S/C52H61N3O4/c1-49(2,3)32-51(7,8)34-19-23-37(24-20-34)53(38-25-21-35(22-26-38)52(9,10)33-50(4,5)6)39-27-28-41(45(31-39)55(58)59)40-29-30-44-46-42(40)17-14-18-43(46)47(56)54(48(44)57)36-15-12-11-13-16-36/h14,17-31,36H,11-13,15-16,32-33H2,1-10H3. The fourth-order valence-electron chi connectivity index (χ4n) is 10.5. The summed E-state index contributed by atoms with van der Waals surface area (Å²) in [7, 11) is 0. The number of carbonyl (C=O) groups is 2. The Hall–Kier alpha value is -5.30. The molecule has 1 saturated carbocycles. The van der Waals surface area contributed by atoms with Crippen LogP contribution in [0.5, 0.6) is 0 Å². The van der Waals surface area contributed by atoms with Crippen LogP contribution in [0.25, 0.3) is 21.9 Å². The van der Waals surface area contributed by atoms with Gasteiger partial charge >= 0.3 is 0 Å². The van der Waals surface area contributed by atoms with Gasteiger partial charge in [0.2, 0.25) is 0 Å². The molecule has 7 rings (SSSR count). The Morgan fingerprint density at radius 3 is 1.54 bits per heavy atom. The summed E-state index contributed by atoms with van der Waals surface area (Å²) in [6.45, 7) is 22.7. The SMILES string of the molecule is CC(C)(C)CC(C)(C)c1ccc(N(c2ccc(C(C)(C)CC(C)(C)C)cc2)c2ccc(-c3ccc4c5c(cccc35)C(=O)N(C3CCCCC3)C4=O)c([N+](=O)[O-])c2)cc1. The van der Waals surface area contributed by atoms with Gasteiger partial charge in [0.15, 0.2) is 0 Å². The summed E-state index contributed by atoms with van der Waals surface area (Å²) in [5.41, 5.74) is 7.03. The number of imide groups is 1. The van der Waals surface area contributed by atoms with Crippen molar-refractivity contribution in [2.75, 3.05) is 4.90 Å². The Labute approximate surface area is 351 Å². The molecule has 7 nitrogen and oxygen atoms in total. The summed E-state index contributed by atoms with van der Waals surface area (Å²) in [5, 5.41) is 14.3. The maximum Gasteiger partial charge on any atom is 0.279 e. The average molecular weight is 792 g/mol. The van der Waals surface area contributed by atoms with Crippen molar-refractivity contribution in [1.29, 1.82) is 0 Å². The van der Waals surface area contributed by atoms with Gasteiger partial charge in [-0.15, -0.1) is 0 Å². The summed E-state index contributed by atoms with van der Waals surface area (Å²) in [4.78, 5) is 44.3. The summed E-state index contributed by atoms with van der Waals surface area (Å²) < 4.78 is 0. The van der Waals surface area contributed by atoms with E-state index in [1.54, 1.807) is 18.2 Å². The molecule has 0 saturated heterocycles. The maximum atomic E-state index is 14.0. The van der Waals surface area contributed by atoms with Crippen LogP contribution in [-0.2, 0) is 10.8 Å². The van der Waals surface area contributed by atoms with E-state index in [1.165, 1.54) is 16.0 Å². The van der Waals surface area contributed by atoms with Gasteiger partial charge in [-0.05, 0) is 118 Å². The molecule has 2 aliphatic rings. The van der Waals surface area contributed by atoms with E-state index in [9.17, 15) is 19.7 Å². The number of nitro benzene ring substituents is 1. The lowest BCUT2D eigenvalue weighted by Crippen LogP contribution is -2.47. The predicted octanol–water partition coefficient (Wildman–Crippen LogP) is 14.2. The lowest BCUT2D eigenvalue weighted by atomic mass is 9.72. The van der Waals surface area contributed by atoms with E-state index in [4.69, 9.17) is 0 Å². The zero-order valence-corrected chi connectivity index (χ0v) is 36.7. The van der Waals surface area contributed by atoms with Crippen LogP contribution in [0.4, 0.5) is 22.7 Å². The molecule has 2 amide bonds. The van der Waals surface area contributed by atoms with Crippen molar-refractivity contribution >= 4 is 45.3 Å². The minimum atomic E-state index is -0.330. The number of amides is 2. The van der Waals surface area contributed by atoms with E-state index in [2.05, 4.69) is 123 Å². The maximum absolute atomic E-state index is 14.0. The van der Waals surface area contributed by atoms with Gasteiger partial charge in [0.05, 0.1) is 16.2 Å². The average Bonchev–Trinajstić information content (AvgIpc) is 3.16. The Bertz CT molecular complexity index is 2310. The zero-order valence-electron chi connectivity index (χ0n) is 36.7. The van der Waals surface area contributed by atoms with Crippen LogP contribution in [0.2, 0.25) is 0 Å². The second-order valence-corrected chi connectivity index (χ2v) is 20.8. The third-order valence-corrected chi connectivity index (χ3v) is 12.4. The Morgan fingerprint density at radius 2 is 1.05 bits per heavy atom. The quantitative estimate of drug-likeness (QED) is 0.0799. The fourth-order valence-corrected chi connectivity index (χ4v) is 10.5. The molecule has 1 aliphatic carbocycles. The van der Waals surface area contributed by atoms with Gasteiger partial charge in [0.1, 0.15) is 0 Å².